The SMILES string of the molecule is CS(=O)(=O)N(c1ccccc1CNc1nc(Nc2ccc3c(c2)NC(=O)C3)ncc1C(F)(F)F)C1CC1. The van der Waals surface area contributed by atoms with Crippen molar-refractivity contribution in [2.24, 2.45) is 0 Å². The van der Waals surface area contributed by atoms with Crippen LogP contribution in [0.1, 0.15) is 29.5 Å². The summed E-state index contributed by atoms with van der Waals surface area (Å²) in [4.78, 5) is 19.5. The Balaban J connectivity index is 1.42. The molecule has 0 radical (unpaired) electrons. The molecule has 1 fully saturated rings. The van der Waals surface area contributed by atoms with E-state index in [1.165, 1.54) is 4.31 Å². The molecule has 1 amide bonds. The molecule has 13 heteroatoms. The van der Waals surface area contributed by atoms with Crippen LogP contribution in [0.15, 0.2) is 48.7 Å². The number of anilines is 5. The standard InChI is InChI=1S/C24H23F3N6O3S/c1-37(35,36)33(17-8-9-17)20-5-3-2-4-15(20)12-28-22-18(24(25,26)27)13-29-23(32-22)30-16-7-6-14-10-21(34)31-19(14)11-16/h2-7,11,13,17H,8-10,12H2,1H3,(H,31,34)(H2,28,29,30,32). The van der Waals surface area contributed by atoms with Crippen molar-refractivity contribution in [3.8, 4) is 0 Å². The summed E-state index contributed by atoms with van der Waals surface area (Å²) >= 11 is 0. The van der Waals surface area contributed by atoms with Gasteiger partial charge in [-0.15, -0.1) is 0 Å². The van der Waals surface area contributed by atoms with Crippen LogP contribution in [0.4, 0.5) is 42.0 Å². The minimum atomic E-state index is -4.72. The van der Waals surface area contributed by atoms with E-state index in [2.05, 4.69) is 25.9 Å². The monoisotopic (exact) mass is 532 g/mol. The third-order valence-corrected chi connectivity index (χ3v) is 7.21. The summed E-state index contributed by atoms with van der Waals surface area (Å²) in [6.45, 7) is -0.0979. The number of carbonyl (C=O) groups excluding carboxylic acids is 1. The molecule has 37 heavy (non-hydrogen) atoms. The molecule has 1 aromatic heterocycles. The zero-order valence-electron chi connectivity index (χ0n) is 19.6. The predicted molar refractivity (Wildman–Crippen MR) is 133 cm³/mol. The second-order valence-electron chi connectivity index (χ2n) is 8.95. The van der Waals surface area contributed by atoms with Gasteiger partial charge in [0.1, 0.15) is 11.4 Å². The topological polar surface area (TPSA) is 116 Å². The number of amides is 1. The third kappa shape index (κ3) is 5.45. The van der Waals surface area contributed by atoms with Crippen LogP contribution >= 0.6 is 0 Å². The minimum Gasteiger partial charge on any atom is -0.365 e. The molecule has 0 atom stereocenters. The lowest BCUT2D eigenvalue weighted by atomic mass is 10.1. The predicted octanol–water partition coefficient (Wildman–Crippen LogP) is 4.27. The number of alkyl halides is 3. The highest BCUT2D eigenvalue weighted by atomic mass is 32.2. The molecule has 1 saturated carbocycles. The fraction of sp³-hybridized carbons (Fsp3) is 0.292. The summed E-state index contributed by atoms with van der Waals surface area (Å²) in [6, 6.07) is 11.6. The number of nitrogens with zero attached hydrogens (tertiary/aromatic N) is 3. The molecule has 2 heterocycles. The highest BCUT2D eigenvalue weighted by Crippen LogP contribution is 2.37. The number of para-hydroxylation sites is 1. The average Bonchev–Trinajstić information content (AvgIpc) is 3.56. The van der Waals surface area contributed by atoms with Crippen LogP contribution < -0.4 is 20.3 Å². The van der Waals surface area contributed by atoms with Crippen molar-refractivity contribution in [1.29, 1.82) is 0 Å². The molecule has 3 aromatic rings. The van der Waals surface area contributed by atoms with Crippen molar-refractivity contribution in [2.75, 3.05) is 26.5 Å². The Morgan fingerprint density at radius 1 is 1.16 bits per heavy atom. The van der Waals surface area contributed by atoms with Crippen molar-refractivity contribution in [3.05, 3.63) is 65.4 Å². The molecule has 2 aromatic carbocycles. The summed E-state index contributed by atoms with van der Waals surface area (Å²) in [5, 5.41) is 8.31. The van der Waals surface area contributed by atoms with Crippen molar-refractivity contribution < 1.29 is 26.4 Å². The third-order valence-electron chi connectivity index (χ3n) is 6.00. The van der Waals surface area contributed by atoms with Gasteiger partial charge >= 0.3 is 6.18 Å². The highest BCUT2D eigenvalue weighted by molar-refractivity contribution is 7.92. The number of fused-ring (bicyclic) bond motifs is 1. The Morgan fingerprint density at radius 2 is 1.92 bits per heavy atom. The van der Waals surface area contributed by atoms with E-state index in [4.69, 9.17) is 0 Å². The van der Waals surface area contributed by atoms with Gasteiger partial charge in [0.05, 0.1) is 18.4 Å². The lowest BCUT2D eigenvalue weighted by Crippen LogP contribution is -2.33. The zero-order valence-corrected chi connectivity index (χ0v) is 20.4. The van der Waals surface area contributed by atoms with Crippen LogP contribution in [0, 0.1) is 0 Å². The maximum atomic E-state index is 13.7. The lowest BCUT2D eigenvalue weighted by Gasteiger charge is -2.25. The van der Waals surface area contributed by atoms with Crippen LogP contribution in [-0.2, 0) is 34.0 Å². The summed E-state index contributed by atoms with van der Waals surface area (Å²) < 4.78 is 67.4. The van der Waals surface area contributed by atoms with E-state index < -0.39 is 27.6 Å². The first-order valence-corrected chi connectivity index (χ1v) is 13.3. The van der Waals surface area contributed by atoms with Crippen molar-refractivity contribution >= 4 is 44.8 Å². The molecule has 0 spiro atoms. The first kappa shape index (κ1) is 24.8. The number of carbonyl (C=O) groups is 1. The van der Waals surface area contributed by atoms with Gasteiger partial charge in [0.25, 0.3) is 0 Å². The van der Waals surface area contributed by atoms with E-state index in [1.54, 1.807) is 42.5 Å². The van der Waals surface area contributed by atoms with Crippen LogP contribution in [-0.4, -0.2) is 36.6 Å². The number of sulfonamides is 1. The quantitative estimate of drug-likeness (QED) is 0.397. The van der Waals surface area contributed by atoms with E-state index in [1.807, 2.05) is 0 Å². The van der Waals surface area contributed by atoms with Gasteiger partial charge in [-0.25, -0.2) is 13.4 Å². The van der Waals surface area contributed by atoms with Gasteiger partial charge in [-0.3, -0.25) is 9.10 Å². The average molecular weight is 533 g/mol. The number of hydrogen-bond acceptors (Lipinski definition) is 7. The van der Waals surface area contributed by atoms with Gasteiger partial charge in [-0.2, -0.15) is 18.2 Å². The second kappa shape index (κ2) is 9.21. The van der Waals surface area contributed by atoms with Gasteiger partial charge < -0.3 is 16.0 Å². The van der Waals surface area contributed by atoms with Crippen molar-refractivity contribution in [2.45, 2.75) is 38.0 Å². The van der Waals surface area contributed by atoms with E-state index in [0.717, 1.165) is 24.7 Å². The maximum absolute atomic E-state index is 13.7. The Hall–Kier alpha value is -3.87. The Kier molecular flexibility index (Phi) is 6.18. The molecule has 194 valence electrons. The molecule has 0 unspecified atom stereocenters. The van der Waals surface area contributed by atoms with Crippen molar-refractivity contribution in [3.63, 3.8) is 0 Å². The van der Waals surface area contributed by atoms with Crippen LogP contribution in [0.3, 0.4) is 0 Å². The Labute approximate surface area is 211 Å². The van der Waals surface area contributed by atoms with Gasteiger partial charge in [0, 0.05) is 30.2 Å². The second-order valence-corrected chi connectivity index (χ2v) is 10.8. The fourth-order valence-electron chi connectivity index (χ4n) is 4.21. The summed E-state index contributed by atoms with van der Waals surface area (Å²) in [7, 11) is -3.58. The number of rotatable bonds is 8. The molecule has 3 N–H and O–H groups in total. The number of nitrogens with one attached hydrogen (secondary N) is 3. The summed E-state index contributed by atoms with van der Waals surface area (Å²) in [5.74, 6) is -0.670. The molecule has 5 rings (SSSR count). The fourth-order valence-corrected chi connectivity index (χ4v) is 5.50. The van der Waals surface area contributed by atoms with Crippen LogP contribution in [0.25, 0.3) is 0 Å². The Morgan fingerprint density at radius 3 is 2.62 bits per heavy atom. The summed E-state index contributed by atoms with van der Waals surface area (Å²) in [5.41, 5.74) is 1.79. The number of hydrogen-bond donors (Lipinski definition) is 3. The number of aromatic nitrogens is 2. The summed E-state index contributed by atoms with van der Waals surface area (Å²) in [6.07, 6.45) is -1.21. The van der Waals surface area contributed by atoms with Crippen LogP contribution in [0.2, 0.25) is 0 Å². The molecular formula is C24H23F3N6O3S. The number of halogens is 3. The molecule has 1 aliphatic heterocycles. The van der Waals surface area contributed by atoms with E-state index >= 15 is 0 Å². The van der Waals surface area contributed by atoms with Gasteiger partial charge in [0.2, 0.25) is 21.9 Å². The lowest BCUT2D eigenvalue weighted by molar-refractivity contribution is -0.137. The molecule has 2 aliphatic rings. The zero-order chi connectivity index (χ0) is 26.4. The molecular weight excluding hydrogens is 509 g/mol. The van der Waals surface area contributed by atoms with Crippen molar-refractivity contribution in [1.82, 2.24) is 9.97 Å². The van der Waals surface area contributed by atoms with E-state index in [0.29, 0.717) is 28.8 Å². The van der Waals surface area contributed by atoms with Gasteiger partial charge in [0.15, 0.2) is 0 Å². The minimum absolute atomic E-state index is 0.0798. The molecule has 0 saturated heterocycles. The first-order chi connectivity index (χ1) is 17.5. The first-order valence-electron chi connectivity index (χ1n) is 11.4. The normalized spacial score (nSPS) is 15.2. The maximum Gasteiger partial charge on any atom is 0.421 e. The highest BCUT2D eigenvalue weighted by Gasteiger charge is 2.37. The number of benzene rings is 2. The smallest absolute Gasteiger partial charge is 0.365 e. The van der Waals surface area contributed by atoms with E-state index in [-0.39, 0.29) is 30.9 Å². The van der Waals surface area contributed by atoms with Gasteiger partial charge in [-0.1, -0.05) is 24.3 Å². The largest absolute Gasteiger partial charge is 0.421 e. The van der Waals surface area contributed by atoms with Gasteiger partial charge in [-0.05, 0) is 42.2 Å². The Bertz CT molecular complexity index is 1470. The molecule has 0 bridgehead atoms. The van der Waals surface area contributed by atoms with Crippen LogP contribution in [0.5, 0.6) is 0 Å². The molecule has 1 aliphatic carbocycles. The molecule has 9 nitrogen and oxygen atoms in total. The van der Waals surface area contributed by atoms with E-state index in [9.17, 15) is 26.4 Å².